The minimum absolute atomic E-state index is 0.0360. The van der Waals surface area contributed by atoms with Crippen LogP contribution in [-0.2, 0) is 4.79 Å². The summed E-state index contributed by atoms with van der Waals surface area (Å²) in [5, 5.41) is 7.01. The van der Waals surface area contributed by atoms with Gasteiger partial charge in [0.25, 0.3) is 0 Å². The molecule has 1 fully saturated rings. The number of aryl methyl sites for hydroxylation is 2. The lowest BCUT2D eigenvalue weighted by molar-refractivity contribution is -0.116. The minimum Gasteiger partial charge on any atom is -0.361 e. The topological polar surface area (TPSA) is 73.1 Å². The molecular formula is C23H25N5OS. The number of carbonyl (C=O) groups is 1. The van der Waals surface area contributed by atoms with Gasteiger partial charge in [-0.3, -0.25) is 9.78 Å². The van der Waals surface area contributed by atoms with Crippen LogP contribution in [0.25, 0.3) is 0 Å². The van der Waals surface area contributed by atoms with Gasteiger partial charge in [-0.25, -0.2) is 0 Å². The third-order valence-electron chi connectivity index (χ3n) is 5.25. The van der Waals surface area contributed by atoms with Crippen LogP contribution in [-0.4, -0.2) is 32.4 Å². The molecule has 3 aromatic rings. The van der Waals surface area contributed by atoms with Crippen molar-refractivity contribution >= 4 is 28.9 Å². The van der Waals surface area contributed by atoms with Gasteiger partial charge in [-0.15, -0.1) is 0 Å². The predicted octanol–water partition coefficient (Wildman–Crippen LogP) is 4.03. The molecule has 0 aliphatic carbocycles. The van der Waals surface area contributed by atoms with Crippen LogP contribution >= 0.6 is 12.2 Å². The number of rotatable bonds is 6. The summed E-state index contributed by atoms with van der Waals surface area (Å²) in [6.07, 6.45) is 2.12. The van der Waals surface area contributed by atoms with Crippen molar-refractivity contribution in [2.75, 3.05) is 11.9 Å². The summed E-state index contributed by atoms with van der Waals surface area (Å²) in [7, 11) is 0. The van der Waals surface area contributed by atoms with E-state index in [4.69, 9.17) is 12.2 Å². The lowest BCUT2D eigenvalue weighted by Crippen LogP contribution is -2.32. The molecule has 0 unspecified atom stereocenters. The summed E-state index contributed by atoms with van der Waals surface area (Å²) in [6.45, 7) is 4.54. The third-order valence-corrected chi connectivity index (χ3v) is 5.60. The first-order valence-corrected chi connectivity index (χ1v) is 10.4. The monoisotopic (exact) mass is 419 g/mol. The van der Waals surface area contributed by atoms with Crippen molar-refractivity contribution in [3.8, 4) is 0 Å². The Labute approximate surface area is 181 Å². The fourth-order valence-electron chi connectivity index (χ4n) is 3.85. The highest BCUT2D eigenvalue weighted by atomic mass is 32.1. The van der Waals surface area contributed by atoms with E-state index in [0.29, 0.717) is 18.1 Å². The number of H-pyrrole nitrogens is 1. The largest absolute Gasteiger partial charge is 0.361 e. The maximum absolute atomic E-state index is 12.6. The Kier molecular flexibility index (Phi) is 5.81. The average molecular weight is 420 g/mol. The Morgan fingerprint density at radius 3 is 2.73 bits per heavy atom. The number of hydrogen-bond donors (Lipinski definition) is 3. The van der Waals surface area contributed by atoms with Gasteiger partial charge >= 0.3 is 0 Å². The zero-order valence-corrected chi connectivity index (χ0v) is 17.9. The molecule has 6 nitrogen and oxygen atoms in total. The van der Waals surface area contributed by atoms with Crippen LogP contribution in [0.1, 0.15) is 41.1 Å². The van der Waals surface area contributed by atoms with Crippen molar-refractivity contribution in [1.82, 2.24) is 20.2 Å². The van der Waals surface area contributed by atoms with E-state index in [2.05, 4.69) is 37.6 Å². The van der Waals surface area contributed by atoms with E-state index in [1.54, 1.807) is 6.20 Å². The van der Waals surface area contributed by atoms with Crippen molar-refractivity contribution < 1.29 is 4.79 Å². The normalized spacial score (nSPS) is 18.3. The molecule has 1 amide bonds. The molecule has 1 saturated heterocycles. The Morgan fingerprint density at radius 1 is 1.17 bits per heavy atom. The fraction of sp³-hybridized carbons (Fsp3) is 0.261. The van der Waals surface area contributed by atoms with Gasteiger partial charge in [0, 0.05) is 36.2 Å². The first kappa shape index (κ1) is 20.1. The van der Waals surface area contributed by atoms with Crippen LogP contribution < -0.4 is 10.6 Å². The van der Waals surface area contributed by atoms with Crippen LogP contribution in [0.2, 0.25) is 0 Å². The predicted molar refractivity (Wildman–Crippen MR) is 122 cm³/mol. The second-order valence-electron chi connectivity index (χ2n) is 7.58. The number of pyridine rings is 1. The Bertz CT molecular complexity index is 1050. The number of nitrogens with one attached hydrogen (secondary N) is 3. The molecule has 2 aromatic heterocycles. The number of thiocarbonyl (C=S) groups is 1. The summed E-state index contributed by atoms with van der Waals surface area (Å²) >= 11 is 5.64. The minimum atomic E-state index is -0.0865. The second-order valence-corrected chi connectivity index (χ2v) is 7.97. The Balaban J connectivity index is 1.51. The van der Waals surface area contributed by atoms with Gasteiger partial charge in [-0.05, 0) is 68.0 Å². The van der Waals surface area contributed by atoms with Crippen LogP contribution in [0.15, 0.2) is 60.8 Å². The van der Waals surface area contributed by atoms with Gasteiger partial charge in [0.2, 0.25) is 5.91 Å². The fourth-order valence-corrected chi connectivity index (χ4v) is 4.18. The third kappa shape index (κ3) is 4.36. The molecule has 30 heavy (non-hydrogen) atoms. The van der Waals surface area contributed by atoms with Crippen molar-refractivity contribution in [2.45, 2.75) is 32.4 Å². The summed E-state index contributed by atoms with van der Waals surface area (Å²) in [5.41, 5.74) is 4.97. The molecule has 0 bridgehead atoms. The van der Waals surface area contributed by atoms with Gasteiger partial charge in [-0.2, -0.15) is 0 Å². The zero-order valence-electron chi connectivity index (χ0n) is 17.1. The Morgan fingerprint density at radius 2 is 2.03 bits per heavy atom. The smallest absolute Gasteiger partial charge is 0.226 e. The lowest BCUT2D eigenvalue weighted by atomic mass is 10.0. The number of amides is 1. The van der Waals surface area contributed by atoms with Gasteiger partial charge in [0.15, 0.2) is 5.11 Å². The number of aromatic nitrogens is 2. The van der Waals surface area contributed by atoms with Crippen molar-refractivity contribution in [3.63, 3.8) is 0 Å². The highest BCUT2D eigenvalue weighted by molar-refractivity contribution is 7.80. The molecule has 3 N–H and O–H groups in total. The van der Waals surface area contributed by atoms with E-state index in [1.165, 1.54) is 0 Å². The Hall–Kier alpha value is -3.19. The molecule has 0 saturated carbocycles. The van der Waals surface area contributed by atoms with Crippen molar-refractivity contribution in [1.29, 1.82) is 0 Å². The molecule has 7 heteroatoms. The average Bonchev–Trinajstić information content (AvgIpc) is 3.30. The summed E-state index contributed by atoms with van der Waals surface area (Å²) in [5.74, 6) is -0.0360. The molecule has 1 aromatic carbocycles. The summed E-state index contributed by atoms with van der Waals surface area (Å²) < 4.78 is 0. The number of nitrogens with zero attached hydrogens (tertiary/aromatic N) is 2. The van der Waals surface area contributed by atoms with Crippen LogP contribution in [0, 0.1) is 13.8 Å². The quantitative estimate of drug-likeness (QED) is 0.526. The molecule has 0 radical (unpaired) electrons. The molecule has 0 spiro atoms. The van der Waals surface area contributed by atoms with Crippen LogP contribution in [0.4, 0.5) is 5.69 Å². The number of carbonyl (C=O) groups excluding carboxylic acids is 1. The molecular weight excluding hydrogens is 394 g/mol. The van der Waals surface area contributed by atoms with Crippen LogP contribution in [0.3, 0.4) is 0 Å². The van der Waals surface area contributed by atoms with Crippen molar-refractivity contribution in [3.05, 3.63) is 83.4 Å². The number of hydrogen-bond acceptors (Lipinski definition) is 3. The van der Waals surface area contributed by atoms with E-state index >= 15 is 0 Å². The van der Waals surface area contributed by atoms with E-state index in [-0.39, 0.29) is 18.0 Å². The van der Waals surface area contributed by atoms with Gasteiger partial charge in [-0.1, -0.05) is 18.2 Å². The first-order valence-electron chi connectivity index (χ1n) is 10.0. The van der Waals surface area contributed by atoms with E-state index in [0.717, 1.165) is 28.3 Å². The number of anilines is 1. The van der Waals surface area contributed by atoms with E-state index in [1.807, 2.05) is 56.3 Å². The molecule has 1 aliphatic heterocycles. The first-order chi connectivity index (χ1) is 14.5. The number of benzene rings is 1. The van der Waals surface area contributed by atoms with Crippen LogP contribution in [0.5, 0.6) is 0 Å². The van der Waals surface area contributed by atoms with Crippen molar-refractivity contribution in [2.24, 2.45) is 0 Å². The van der Waals surface area contributed by atoms with Gasteiger partial charge < -0.3 is 20.5 Å². The standard InChI is InChI=1S/C23H25N5OS/c1-15-6-5-7-17(14-15)26-20(29)11-13-28-22(19-10-9-16(2)25-19)21(27-23(28)30)18-8-3-4-12-24-18/h3-10,12,14,21-22,25H,11,13H2,1-2H3,(H,26,29)(H,27,30)/t21-,22-/m1/s1. The van der Waals surface area contributed by atoms with E-state index < -0.39 is 0 Å². The summed E-state index contributed by atoms with van der Waals surface area (Å²) in [4.78, 5) is 22.6. The van der Waals surface area contributed by atoms with Gasteiger partial charge in [0.05, 0.1) is 17.8 Å². The number of aromatic amines is 1. The molecule has 4 rings (SSSR count). The molecule has 3 heterocycles. The second kappa shape index (κ2) is 8.67. The van der Waals surface area contributed by atoms with E-state index in [9.17, 15) is 4.79 Å². The highest BCUT2D eigenvalue weighted by Gasteiger charge is 2.40. The highest BCUT2D eigenvalue weighted by Crippen LogP contribution is 2.38. The van der Waals surface area contributed by atoms with Gasteiger partial charge in [0.1, 0.15) is 0 Å². The summed E-state index contributed by atoms with van der Waals surface area (Å²) in [6, 6.07) is 17.6. The molecule has 2 atom stereocenters. The SMILES string of the molecule is Cc1cccc(NC(=O)CCN2C(=S)N[C@H](c3ccccn3)[C@H]2c2ccc(C)[nH]2)c1. The maximum Gasteiger partial charge on any atom is 0.226 e. The molecule has 154 valence electrons. The lowest BCUT2D eigenvalue weighted by Gasteiger charge is -2.26. The zero-order chi connectivity index (χ0) is 21.1. The maximum atomic E-state index is 12.6. The molecule has 1 aliphatic rings.